The van der Waals surface area contributed by atoms with Gasteiger partial charge in [0.15, 0.2) is 0 Å². The highest BCUT2D eigenvalue weighted by atomic mass is 35.5. The van der Waals surface area contributed by atoms with E-state index in [1.165, 1.54) is 25.1 Å². The summed E-state index contributed by atoms with van der Waals surface area (Å²) in [6.07, 6.45) is 4.73. The van der Waals surface area contributed by atoms with Gasteiger partial charge in [-0.2, -0.15) is 0 Å². The number of nitrogens with zero attached hydrogens (tertiary/aromatic N) is 2. The molecule has 2 rings (SSSR count). The number of hydrogen-bond acceptors (Lipinski definition) is 5. The zero-order valence-electron chi connectivity index (χ0n) is 10.6. The van der Waals surface area contributed by atoms with Gasteiger partial charge in [0, 0.05) is 12.6 Å². The first kappa shape index (κ1) is 14.0. The van der Waals surface area contributed by atoms with Gasteiger partial charge in [0.1, 0.15) is 12.0 Å². The van der Waals surface area contributed by atoms with E-state index < -0.39 is 4.92 Å². The molecular formula is C12H17ClN4O2. The summed E-state index contributed by atoms with van der Waals surface area (Å²) in [5.74, 6) is 1.19. The Bertz CT molecular complexity index is 449. The first-order chi connectivity index (χ1) is 9.16. The number of aromatic nitrogens is 1. The van der Waals surface area contributed by atoms with Crippen LogP contribution in [0.15, 0.2) is 12.3 Å². The average Bonchev–Trinajstić information content (AvgIpc) is 2.41. The molecule has 1 aromatic heterocycles. The van der Waals surface area contributed by atoms with Crippen molar-refractivity contribution in [3.05, 3.63) is 27.4 Å². The summed E-state index contributed by atoms with van der Waals surface area (Å²) >= 11 is 5.95. The molecule has 1 aliphatic heterocycles. The molecule has 1 aliphatic rings. The fourth-order valence-electron chi connectivity index (χ4n) is 2.22. The molecule has 0 bridgehead atoms. The van der Waals surface area contributed by atoms with Crippen molar-refractivity contribution in [1.82, 2.24) is 10.3 Å². The van der Waals surface area contributed by atoms with Crippen LogP contribution in [0, 0.1) is 16.0 Å². The summed E-state index contributed by atoms with van der Waals surface area (Å²) in [6.45, 7) is 2.94. The summed E-state index contributed by atoms with van der Waals surface area (Å²) in [5, 5.41) is 17.4. The van der Waals surface area contributed by atoms with Gasteiger partial charge in [-0.3, -0.25) is 10.1 Å². The highest BCUT2D eigenvalue weighted by Gasteiger charge is 2.14. The molecule has 104 valence electrons. The minimum absolute atomic E-state index is 0.0907. The lowest BCUT2D eigenvalue weighted by molar-refractivity contribution is -0.385. The Morgan fingerprint density at radius 3 is 3.11 bits per heavy atom. The Morgan fingerprint density at radius 2 is 2.47 bits per heavy atom. The molecule has 0 spiro atoms. The second-order valence-electron chi connectivity index (χ2n) is 4.71. The van der Waals surface area contributed by atoms with Crippen molar-refractivity contribution in [2.24, 2.45) is 5.92 Å². The molecule has 1 atom stereocenters. The Hall–Kier alpha value is -1.40. The molecule has 1 saturated heterocycles. The Balaban J connectivity index is 1.83. The predicted molar refractivity (Wildman–Crippen MR) is 74.6 cm³/mol. The highest BCUT2D eigenvalue weighted by molar-refractivity contribution is 6.33. The molecule has 0 radical (unpaired) electrons. The molecule has 19 heavy (non-hydrogen) atoms. The van der Waals surface area contributed by atoms with Crippen LogP contribution in [0.4, 0.5) is 11.5 Å². The molecular weight excluding hydrogens is 268 g/mol. The minimum Gasteiger partial charge on any atom is -0.369 e. The second-order valence-corrected chi connectivity index (χ2v) is 5.12. The molecule has 2 heterocycles. The zero-order chi connectivity index (χ0) is 13.7. The van der Waals surface area contributed by atoms with Crippen LogP contribution in [0.1, 0.15) is 19.3 Å². The van der Waals surface area contributed by atoms with Gasteiger partial charge in [-0.15, -0.1) is 0 Å². The van der Waals surface area contributed by atoms with Crippen LogP contribution in [0.25, 0.3) is 0 Å². The lowest BCUT2D eigenvalue weighted by Crippen LogP contribution is -2.30. The van der Waals surface area contributed by atoms with Crippen molar-refractivity contribution in [2.45, 2.75) is 19.3 Å². The number of hydrogen-bond donors (Lipinski definition) is 2. The maximum Gasteiger partial charge on any atom is 0.289 e. The van der Waals surface area contributed by atoms with Gasteiger partial charge in [-0.05, 0) is 38.3 Å². The number of pyridine rings is 1. The van der Waals surface area contributed by atoms with E-state index in [1.54, 1.807) is 0 Å². The Morgan fingerprint density at radius 1 is 1.63 bits per heavy atom. The van der Waals surface area contributed by atoms with E-state index in [4.69, 9.17) is 11.6 Å². The van der Waals surface area contributed by atoms with Crippen molar-refractivity contribution in [2.75, 3.05) is 25.0 Å². The van der Waals surface area contributed by atoms with Crippen molar-refractivity contribution in [3.8, 4) is 0 Å². The van der Waals surface area contributed by atoms with E-state index in [2.05, 4.69) is 15.6 Å². The molecule has 2 N–H and O–H groups in total. The Kier molecular flexibility index (Phi) is 4.93. The zero-order valence-corrected chi connectivity index (χ0v) is 11.3. The van der Waals surface area contributed by atoms with Crippen LogP contribution in [0.3, 0.4) is 0 Å². The second kappa shape index (κ2) is 6.68. The quantitative estimate of drug-likeness (QED) is 0.641. The largest absolute Gasteiger partial charge is 0.369 e. The van der Waals surface area contributed by atoms with Crippen molar-refractivity contribution in [1.29, 1.82) is 0 Å². The Labute approximate surface area is 116 Å². The smallest absolute Gasteiger partial charge is 0.289 e. The lowest BCUT2D eigenvalue weighted by atomic mass is 9.96. The summed E-state index contributed by atoms with van der Waals surface area (Å²) in [7, 11) is 0. The van der Waals surface area contributed by atoms with Gasteiger partial charge >= 0.3 is 0 Å². The topological polar surface area (TPSA) is 80.1 Å². The van der Waals surface area contributed by atoms with Gasteiger partial charge in [0.2, 0.25) is 0 Å². The van der Waals surface area contributed by atoms with Crippen molar-refractivity contribution in [3.63, 3.8) is 0 Å². The van der Waals surface area contributed by atoms with Gasteiger partial charge in [-0.1, -0.05) is 11.6 Å². The predicted octanol–water partition coefficient (Wildman–Crippen LogP) is 2.44. The third-order valence-electron chi connectivity index (χ3n) is 3.28. The normalized spacial score (nSPS) is 19.1. The lowest BCUT2D eigenvalue weighted by Gasteiger charge is -2.22. The molecule has 1 aromatic rings. The van der Waals surface area contributed by atoms with Gasteiger partial charge in [0.25, 0.3) is 5.69 Å². The molecule has 0 aromatic carbocycles. The summed E-state index contributed by atoms with van der Waals surface area (Å²) in [6, 6.07) is 1.32. The molecule has 0 aliphatic carbocycles. The van der Waals surface area contributed by atoms with E-state index in [0.29, 0.717) is 11.7 Å². The number of piperidine rings is 1. The molecule has 1 unspecified atom stereocenters. The summed E-state index contributed by atoms with van der Waals surface area (Å²) < 4.78 is 0. The van der Waals surface area contributed by atoms with Gasteiger partial charge < -0.3 is 10.6 Å². The maximum atomic E-state index is 10.6. The third-order valence-corrected chi connectivity index (χ3v) is 3.57. The SMILES string of the molecule is O=[N+]([O-])c1cnc(NCCC2CCCNC2)c(Cl)c1. The first-order valence-electron chi connectivity index (χ1n) is 6.41. The number of nitrogens with one attached hydrogen (secondary N) is 2. The molecule has 6 nitrogen and oxygen atoms in total. The first-order valence-corrected chi connectivity index (χ1v) is 6.79. The van der Waals surface area contributed by atoms with Gasteiger partial charge in [-0.25, -0.2) is 4.98 Å². The van der Waals surface area contributed by atoms with E-state index in [-0.39, 0.29) is 10.7 Å². The minimum atomic E-state index is -0.504. The molecule has 0 amide bonds. The van der Waals surface area contributed by atoms with Crippen LogP contribution < -0.4 is 10.6 Å². The van der Waals surface area contributed by atoms with Gasteiger partial charge in [0.05, 0.1) is 9.95 Å². The third kappa shape index (κ3) is 4.04. The van der Waals surface area contributed by atoms with E-state index in [9.17, 15) is 10.1 Å². The van der Waals surface area contributed by atoms with Crippen LogP contribution in [-0.4, -0.2) is 29.5 Å². The van der Waals surface area contributed by atoms with Crippen LogP contribution >= 0.6 is 11.6 Å². The molecule has 7 heteroatoms. The van der Waals surface area contributed by atoms with Crippen LogP contribution in [0.5, 0.6) is 0 Å². The van der Waals surface area contributed by atoms with E-state index >= 15 is 0 Å². The fraction of sp³-hybridized carbons (Fsp3) is 0.583. The number of anilines is 1. The average molecular weight is 285 g/mol. The monoisotopic (exact) mass is 284 g/mol. The number of rotatable bonds is 5. The molecule has 1 fully saturated rings. The molecule has 0 saturated carbocycles. The summed E-state index contributed by atoms with van der Waals surface area (Å²) in [4.78, 5) is 14.0. The highest BCUT2D eigenvalue weighted by Crippen LogP contribution is 2.24. The standard InChI is InChI=1S/C12H17ClN4O2/c13-11-6-10(17(18)19)8-16-12(11)15-5-3-9-2-1-4-14-7-9/h6,8-9,14H,1-5,7H2,(H,15,16). The van der Waals surface area contributed by atoms with Crippen LogP contribution in [0.2, 0.25) is 5.02 Å². The number of nitro groups is 1. The van der Waals surface area contributed by atoms with Crippen molar-refractivity contribution >= 4 is 23.1 Å². The number of halogens is 1. The summed E-state index contributed by atoms with van der Waals surface area (Å²) in [5.41, 5.74) is -0.0907. The maximum absolute atomic E-state index is 10.6. The van der Waals surface area contributed by atoms with Crippen LogP contribution in [-0.2, 0) is 0 Å². The fourth-order valence-corrected chi connectivity index (χ4v) is 2.45. The van der Waals surface area contributed by atoms with Crippen molar-refractivity contribution < 1.29 is 4.92 Å². The van der Waals surface area contributed by atoms with E-state index in [0.717, 1.165) is 26.1 Å². The van der Waals surface area contributed by atoms with E-state index in [1.807, 2.05) is 0 Å².